The van der Waals surface area contributed by atoms with E-state index in [1.807, 2.05) is 0 Å². The van der Waals surface area contributed by atoms with Crippen LogP contribution in [0.4, 0.5) is 0 Å². The molecule has 0 saturated carbocycles. The summed E-state index contributed by atoms with van der Waals surface area (Å²) in [6.45, 7) is 1.77. The summed E-state index contributed by atoms with van der Waals surface area (Å²) in [5, 5.41) is 8.73. The molecule has 4 nitrogen and oxygen atoms in total. The Morgan fingerprint density at radius 1 is 1.20 bits per heavy atom. The lowest BCUT2D eigenvalue weighted by Gasteiger charge is -2.26. The predicted octanol–water partition coefficient (Wildman–Crippen LogP) is 1.85. The van der Waals surface area contributed by atoms with Crippen molar-refractivity contribution in [2.45, 2.75) is 12.7 Å². The quantitative estimate of drug-likeness (QED) is 0.770. The molecule has 1 N–H and O–H groups in total. The highest BCUT2D eigenvalue weighted by molar-refractivity contribution is 5.87. The van der Waals surface area contributed by atoms with E-state index in [0.717, 1.165) is 5.56 Å². The number of aromatic carboxylic acids is 1. The van der Waals surface area contributed by atoms with Gasteiger partial charge in [-0.05, 0) is 19.1 Å². The van der Waals surface area contributed by atoms with E-state index < -0.39 is 11.8 Å². The molecule has 0 saturated heterocycles. The molecule has 4 heteroatoms. The number of hydrogen-bond acceptors (Lipinski definition) is 3. The Kier molecular flexibility index (Phi) is 3.44. The fourth-order valence-electron chi connectivity index (χ4n) is 1.23. The molecule has 0 radical (unpaired) electrons. The molecule has 0 aromatic heterocycles. The van der Waals surface area contributed by atoms with E-state index in [1.54, 1.807) is 19.1 Å². The summed E-state index contributed by atoms with van der Waals surface area (Å²) >= 11 is 0. The molecule has 0 spiro atoms. The average Bonchev–Trinajstić information content (AvgIpc) is 2.28. The highest BCUT2D eigenvalue weighted by atomic mass is 16.7. The third-order valence-corrected chi connectivity index (χ3v) is 2.44. The number of hydrogen-bond donors (Lipinski definition) is 1. The SMILES string of the molecule is COC(C)(OC)c1ccc(C(=O)O)cc1. The van der Waals surface area contributed by atoms with Crippen LogP contribution in [0.5, 0.6) is 0 Å². The van der Waals surface area contributed by atoms with Crippen LogP contribution in [0.2, 0.25) is 0 Å². The van der Waals surface area contributed by atoms with Crippen molar-refractivity contribution in [2.24, 2.45) is 0 Å². The van der Waals surface area contributed by atoms with Crippen molar-refractivity contribution in [2.75, 3.05) is 14.2 Å². The van der Waals surface area contributed by atoms with Gasteiger partial charge in [0.15, 0.2) is 5.79 Å². The zero-order valence-corrected chi connectivity index (χ0v) is 8.98. The molecule has 0 aliphatic carbocycles. The Hall–Kier alpha value is -1.39. The van der Waals surface area contributed by atoms with Crippen molar-refractivity contribution in [3.05, 3.63) is 35.4 Å². The van der Waals surface area contributed by atoms with Gasteiger partial charge in [0, 0.05) is 19.8 Å². The molecule has 0 bridgehead atoms. The molecule has 15 heavy (non-hydrogen) atoms. The number of carboxylic acid groups (broad SMARTS) is 1. The van der Waals surface area contributed by atoms with Gasteiger partial charge in [-0.1, -0.05) is 12.1 Å². The molecule has 1 rings (SSSR count). The maximum absolute atomic E-state index is 10.6. The van der Waals surface area contributed by atoms with Crippen LogP contribution >= 0.6 is 0 Å². The van der Waals surface area contributed by atoms with Crippen molar-refractivity contribution >= 4 is 5.97 Å². The number of methoxy groups -OCH3 is 2. The first-order valence-corrected chi connectivity index (χ1v) is 4.47. The van der Waals surface area contributed by atoms with Crippen molar-refractivity contribution in [1.29, 1.82) is 0 Å². The Bertz CT molecular complexity index is 338. The lowest BCUT2D eigenvalue weighted by Crippen LogP contribution is -2.26. The van der Waals surface area contributed by atoms with Crippen molar-refractivity contribution in [1.82, 2.24) is 0 Å². The van der Waals surface area contributed by atoms with Crippen LogP contribution in [0.25, 0.3) is 0 Å². The highest BCUT2D eigenvalue weighted by Crippen LogP contribution is 2.25. The van der Waals surface area contributed by atoms with E-state index in [2.05, 4.69) is 0 Å². The van der Waals surface area contributed by atoms with Crippen LogP contribution in [0.1, 0.15) is 22.8 Å². The lowest BCUT2D eigenvalue weighted by atomic mass is 10.1. The minimum absolute atomic E-state index is 0.244. The first-order valence-electron chi connectivity index (χ1n) is 4.47. The topological polar surface area (TPSA) is 55.8 Å². The van der Waals surface area contributed by atoms with E-state index in [-0.39, 0.29) is 5.56 Å². The van der Waals surface area contributed by atoms with Crippen molar-refractivity contribution in [3.8, 4) is 0 Å². The summed E-state index contributed by atoms with van der Waals surface area (Å²) in [7, 11) is 3.07. The van der Waals surface area contributed by atoms with Crippen molar-refractivity contribution in [3.63, 3.8) is 0 Å². The Morgan fingerprint density at radius 2 is 1.67 bits per heavy atom. The summed E-state index contributed by atoms with van der Waals surface area (Å²) in [4.78, 5) is 10.6. The third-order valence-electron chi connectivity index (χ3n) is 2.44. The minimum atomic E-state index is -0.946. The summed E-state index contributed by atoms with van der Waals surface area (Å²) in [5.74, 6) is -1.78. The summed E-state index contributed by atoms with van der Waals surface area (Å²) in [6.07, 6.45) is 0. The summed E-state index contributed by atoms with van der Waals surface area (Å²) < 4.78 is 10.4. The van der Waals surface area contributed by atoms with Gasteiger partial charge in [0.2, 0.25) is 0 Å². The van der Waals surface area contributed by atoms with Gasteiger partial charge in [-0.2, -0.15) is 0 Å². The summed E-state index contributed by atoms with van der Waals surface area (Å²) in [5.41, 5.74) is 1.02. The van der Waals surface area contributed by atoms with Crippen molar-refractivity contribution < 1.29 is 19.4 Å². The largest absolute Gasteiger partial charge is 0.478 e. The second-order valence-corrected chi connectivity index (χ2v) is 3.24. The van der Waals surface area contributed by atoms with Gasteiger partial charge in [0.05, 0.1) is 5.56 Å². The molecule has 0 atom stereocenters. The number of carboxylic acids is 1. The molecule has 0 amide bonds. The van der Waals surface area contributed by atoms with Gasteiger partial charge in [-0.15, -0.1) is 0 Å². The molecular formula is C11H14O4. The molecule has 0 aliphatic heterocycles. The molecule has 82 valence electrons. The number of carbonyl (C=O) groups is 1. The Balaban J connectivity index is 3.02. The van der Waals surface area contributed by atoms with Crippen LogP contribution in [-0.4, -0.2) is 25.3 Å². The minimum Gasteiger partial charge on any atom is -0.478 e. The zero-order valence-electron chi connectivity index (χ0n) is 8.98. The van der Waals surface area contributed by atoms with Crippen LogP contribution in [0.3, 0.4) is 0 Å². The first-order chi connectivity index (χ1) is 7.03. The molecular weight excluding hydrogens is 196 g/mol. The van der Waals surface area contributed by atoms with E-state index >= 15 is 0 Å². The van der Waals surface area contributed by atoms with Gasteiger partial charge in [0.25, 0.3) is 0 Å². The lowest BCUT2D eigenvalue weighted by molar-refractivity contribution is -0.201. The van der Waals surface area contributed by atoms with Gasteiger partial charge in [-0.25, -0.2) is 4.79 Å². The Morgan fingerprint density at radius 3 is 2.00 bits per heavy atom. The van der Waals surface area contributed by atoms with E-state index in [9.17, 15) is 4.79 Å². The van der Waals surface area contributed by atoms with E-state index in [0.29, 0.717) is 0 Å². The van der Waals surface area contributed by atoms with Gasteiger partial charge in [0.1, 0.15) is 0 Å². The van der Waals surface area contributed by atoms with Crippen LogP contribution < -0.4 is 0 Å². The van der Waals surface area contributed by atoms with Crippen LogP contribution in [-0.2, 0) is 15.3 Å². The number of benzene rings is 1. The predicted molar refractivity (Wildman–Crippen MR) is 54.8 cm³/mol. The van der Waals surface area contributed by atoms with Crippen LogP contribution in [0.15, 0.2) is 24.3 Å². The van der Waals surface area contributed by atoms with Gasteiger partial charge in [-0.3, -0.25) is 0 Å². The van der Waals surface area contributed by atoms with E-state index in [4.69, 9.17) is 14.6 Å². The number of ether oxygens (including phenoxy) is 2. The first kappa shape index (κ1) is 11.7. The fraction of sp³-hybridized carbons (Fsp3) is 0.364. The maximum Gasteiger partial charge on any atom is 0.335 e. The monoisotopic (exact) mass is 210 g/mol. The number of rotatable bonds is 4. The smallest absolute Gasteiger partial charge is 0.335 e. The second kappa shape index (κ2) is 4.42. The average molecular weight is 210 g/mol. The van der Waals surface area contributed by atoms with Gasteiger partial charge < -0.3 is 14.6 Å². The molecule has 0 heterocycles. The molecule has 0 aliphatic rings. The highest BCUT2D eigenvalue weighted by Gasteiger charge is 2.25. The second-order valence-electron chi connectivity index (χ2n) is 3.24. The maximum atomic E-state index is 10.6. The third kappa shape index (κ3) is 2.34. The molecule has 0 unspecified atom stereocenters. The standard InChI is InChI=1S/C11H14O4/c1-11(14-2,15-3)9-6-4-8(5-7-9)10(12)13/h4-7H,1-3H3,(H,12,13). The van der Waals surface area contributed by atoms with Crippen LogP contribution in [0, 0.1) is 0 Å². The normalized spacial score (nSPS) is 11.4. The van der Waals surface area contributed by atoms with Gasteiger partial charge >= 0.3 is 5.97 Å². The fourth-order valence-corrected chi connectivity index (χ4v) is 1.23. The zero-order chi connectivity index (χ0) is 11.5. The van der Waals surface area contributed by atoms with E-state index in [1.165, 1.54) is 26.4 Å². The molecule has 0 fully saturated rings. The molecule has 1 aromatic carbocycles. The molecule has 1 aromatic rings. The summed E-state index contributed by atoms with van der Waals surface area (Å²) in [6, 6.07) is 6.40. The Labute approximate surface area is 88.4 Å².